The smallest absolute Gasteiger partial charge is 0.238 e. The quantitative estimate of drug-likeness (QED) is 0.635. The van der Waals surface area contributed by atoms with Crippen LogP contribution in [0.15, 0.2) is 0 Å². The Morgan fingerprint density at radius 3 is 2.64 bits per heavy atom. The highest BCUT2D eigenvalue weighted by Gasteiger charge is 2.32. The maximum atomic E-state index is 12.5. The molecule has 1 aromatic rings. The van der Waals surface area contributed by atoms with E-state index in [9.17, 15) is 14.4 Å². The van der Waals surface area contributed by atoms with Crippen LogP contribution in [0.1, 0.15) is 24.7 Å². The molecular formula is C16H26N6O3. The highest BCUT2D eigenvalue weighted by molar-refractivity contribution is 5.94. The lowest BCUT2D eigenvalue weighted by molar-refractivity contribution is -0.135. The monoisotopic (exact) mass is 350 g/mol. The number of carbonyl (C=O) groups excluding carboxylic acids is 3. The Hall–Kier alpha value is -2.42. The van der Waals surface area contributed by atoms with Crippen LogP contribution in [0.4, 0.5) is 5.69 Å². The second-order valence-electron chi connectivity index (χ2n) is 6.06. The van der Waals surface area contributed by atoms with Crippen molar-refractivity contribution in [2.75, 3.05) is 32.0 Å². The number of piperazine rings is 1. The molecule has 0 saturated carbocycles. The van der Waals surface area contributed by atoms with Crippen LogP contribution in [0.3, 0.4) is 0 Å². The van der Waals surface area contributed by atoms with E-state index in [-0.39, 0.29) is 30.7 Å². The number of aromatic nitrogens is 2. The van der Waals surface area contributed by atoms with Crippen molar-refractivity contribution in [3.05, 3.63) is 11.4 Å². The van der Waals surface area contributed by atoms with Gasteiger partial charge in [0.1, 0.15) is 0 Å². The zero-order valence-electron chi connectivity index (χ0n) is 15.2. The van der Waals surface area contributed by atoms with Gasteiger partial charge in [0, 0.05) is 26.7 Å². The number of anilines is 1. The summed E-state index contributed by atoms with van der Waals surface area (Å²) in [7, 11) is 1.52. The van der Waals surface area contributed by atoms with Crippen molar-refractivity contribution in [3.63, 3.8) is 0 Å². The molecule has 1 saturated heterocycles. The molecule has 3 amide bonds. The molecule has 1 fully saturated rings. The number of hydrogen-bond donors (Lipinski definition) is 3. The molecule has 2 heterocycles. The molecule has 0 aromatic carbocycles. The Kier molecular flexibility index (Phi) is 6.13. The zero-order valence-corrected chi connectivity index (χ0v) is 15.2. The molecule has 25 heavy (non-hydrogen) atoms. The first-order valence-electron chi connectivity index (χ1n) is 8.43. The van der Waals surface area contributed by atoms with Crippen molar-refractivity contribution >= 4 is 23.4 Å². The first kappa shape index (κ1) is 18.9. The molecule has 1 aromatic heterocycles. The lowest BCUT2D eigenvalue weighted by Crippen LogP contribution is -2.57. The SMILES string of the molecule is CCn1nc(C)c(NC(=O)CN2CCNC(=O)[C@@H]2CC(=O)NC)c1C. The summed E-state index contributed by atoms with van der Waals surface area (Å²) in [5, 5.41) is 12.5. The van der Waals surface area contributed by atoms with Crippen LogP contribution < -0.4 is 16.0 Å². The molecule has 0 bridgehead atoms. The number of hydrogen-bond acceptors (Lipinski definition) is 5. The number of carbonyl (C=O) groups is 3. The fraction of sp³-hybridized carbons (Fsp3) is 0.625. The summed E-state index contributed by atoms with van der Waals surface area (Å²) in [6, 6.07) is -0.639. The molecule has 2 rings (SSSR count). The van der Waals surface area contributed by atoms with Crippen LogP contribution in [-0.2, 0) is 20.9 Å². The Labute approximate surface area is 147 Å². The van der Waals surface area contributed by atoms with Gasteiger partial charge < -0.3 is 16.0 Å². The van der Waals surface area contributed by atoms with Crippen molar-refractivity contribution in [2.45, 2.75) is 39.8 Å². The van der Waals surface area contributed by atoms with Gasteiger partial charge in [-0.1, -0.05) is 0 Å². The standard InChI is InChI=1S/C16H26N6O3/c1-5-22-11(3)15(10(2)20-22)19-14(24)9-21-7-6-18-16(25)12(21)8-13(23)17-4/h12H,5-9H2,1-4H3,(H,17,23)(H,18,25)(H,19,24)/t12-/m0/s1. The fourth-order valence-electron chi connectivity index (χ4n) is 3.00. The first-order valence-corrected chi connectivity index (χ1v) is 8.43. The Morgan fingerprint density at radius 1 is 1.32 bits per heavy atom. The number of aryl methyl sites for hydroxylation is 2. The largest absolute Gasteiger partial charge is 0.359 e. The van der Waals surface area contributed by atoms with Crippen molar-refractivity contribution in [1.82, 2.24) is 25.3 Å². The van der Waals surface area contributed by atoms with Crippen LogP contribution in [0.2, 0.25) is 0 Å². The minimum absolute atomic E-state index is 0.0292. The predicted octanol–water partition coefficient (Wildman–Crippen LogP) is -0.605. The Morgan fingerprint density at radius 2 is 2.04 bits per heavy atom. The van der Waals surface area contributed by atoms with Gasteiger partial charge >= 0.3 is 0 Å². The minimum Gasteiger partial charge on any atom is -0.359 e. The molecule has 3 N–H and O–H groups in total. The van der Waals surface area contributed by atoms with Crippen LogP contribution in [-0.4, -0.2) is 65.1 Å². The van der Waals surface area contributed by atoms with E-state index in [0.717, 1.165) is 17.9 Å². The van der Waals surface area contributed by atoms with Gasteiger partial charge in [0.2, 0.25) is 17.7 Å². The van der Waals surface area contributed by atoms with E-state index < -0.39 is 6.04 Å². The van der Waals surface area contributed by atoms with Crippen molar-refractivity contribution in [1.29, 1.82) is 0 Å². The van der Waals surface area contributed by atoms with E-state index >= 15 is 0 Å². The average Bonchev–Trinajstić information content (AvgIpc) is 2.85. The molecular weight excluding hydrogens is 324 g/mol. The second-order valence-corrected chi connectivity index (χ2v) is 6.06. The third kappa shape index (κ3) is 4.36. The molecule has 0 spiro atoms. The minimum atomic E-state index is -0.639. The number of nitrogens with zero attached hydrogens (tertiary/aromatic N) is 3. The van der Waals surface area contributed by atoms with Gasteiger partial charge in [0.15, 0.2) is 0 Å². The summed E-state index contributed by atoms with van der Waals surface area (Å²) in [6.45, 7) is 7.49. The van der Waals surface area contributed by atoms with Crippen LogP contribution in [0.25, 0.3) is 0 Å². The third-order valence-electron chi connectivity index (χ3n) is 4.39. The highest BCUT2D eigenvalue weighted by atomic mass is 16.2. The Balaban J connectivity index is 2.06. The zero-order chi connectivity index (χ0) is 18.6. The molecule has 0 radical (unpaired) electrons. The van der Waals surface area contributed by atoms with E-state index in [4.69, 9.17) is 0 Å². The summed E-state index contributed by atoms with van der Waals surface area (Å²) in [5.41, 5.74) is 2.36. The van der Waals surface area contributed by atoms with Gasteiger partial charge in [-0.25, -0.2) is 0 Å². The fourth-order valence-corrected chi connectivity index (χ4v) is 3.00. The predicted molar refractivity (Wildman–Crippen MR) is 93.1 cm³/mol. The van der Waals surface area contributed by atoms with Crippen LogP contribution >= 0.6 is 0 Å². The average molecular weight is 350 g/mol. The summed E-state index contributed by atoms with van der Waals surface area (Å²) in [6.07, 6.45) is 0.0292. The summed E-state index contributed by atoms with van der Waals surface area (Å²) >= 11 is 0. The van der Waals surface area contributed by atoms with E-state index in [1.165, 1.54) is 7.05 Å². The highest BCUT2D eigenvalue weighted by Crippen LogP contribution is 2.19. The van der Waals surface area contributed by atoms with E-state index in [1.807, 2.05) is 25.5 Å². The summed E-state index contributed by atoms with van der Waals surface area (Å²) < 4.78 is 1.83. The molecule has 9 heteroatoms. The van der Waals surface area contributed by atoms with Crippen LogP contribution in [0, 0.1) is 13.8 Å². The van der Waals surface area contributed by atoms with Gasteiger partial charge in [-0.05, 0) is 20.8 Å². The number of amides is 3. The van der Waals surface area contributed by atoms with Gasteiger partial charge in [-0.3, -0.25) is 24.0 Å². The maximum Gasteiger partial charge on any atom is 0.238 e. The third-order valence-corrected chi connectivity index (χ3v) is 4.39. The first-order chi connectivity index (χ1) is 11.9. The van der Waals surface area contributed by atoms with Crippen LogP contribution in [0.5, 0.6) is 0 Å². The molecule has 0 aliphatic carbocycles. The second kappa shape index (κ2) is 8.11. The van der Waals surface area contributed by atoms with Gasteiger partial charge in [-0.2, -0.15) is 5.10 Å². The summed E-state index contributed by atoms with van der Waals surface area (Å²) in [5.74, 6) is -0.685. The Bertz CT molecular complexity index is 669. The normalized spacial score (nSPS) is 17.9. The number of nitrogens with one attached hydrogen (secondary N) is 3. The molecule has 1 aliphatic rings. The van der Waals surface area contributed by atoms with Gasteiger partial charge in [0.05, 0.1) is 36.1 Å². The molecule has 138 valence electrons. The lowest BCUT2D eigenvalue weighted by Gasteiger charge is -2.34. The maximum absolute atomic E-state index is 12.5. The molecule has 1 aliphatic heterocycles. The van der Waals surface area contributed by atoms with Crippen molar-refractivity contribution in [3.8, 4) is 0 Å². The summed E-state index contributed by atoms with van der Waals surface area (Å²) in [4.78, 5) is 37.9. The lowest BCUT2D eigenvalue weighted by atomic mass is 10.1. The van der Waals surface area contributed by atoms with Gasteiger partial charge in [-0.15, -0.1) is 0 Å². The molecule has 9 nitrogen and oxygen atoms in total. The van der Waals surface area contributed by atoms with E-state index in [0.29, 0.717) is 18.8 Å². The molecule has 1 atom stereocenters. The van der Waals surface area contributed by atoms with Gasteiger partial charge in [0.25, 0.3) is 0 Å². The van der Waals surface area contributed by atoms with Crippen molar-refractivity contribution < 1.29 is 14.4 Å². The van der Waals surface area contributed by atoms with E-state index in [1.54, 1.807) is 4.90 Å². The molecule has 0 unspecified atom stereocenters. The number of rotatable bonds is 6. The van der Waals surface area contributed by atoms with E-state index in [2.05, 4.69) is 21.0 Å². The van der Waals surface area contributed by atoms with Crippen molar-refractivity contribution in [2.24, 2.45) is 0 Å². The topological polar surface area (TPSA) is 108 Å².